The molecule has 0 aromatic heterocycles. The fourth-order valence-electron chi connectivity index (χ4n) is 2.03. The lowest BCUT2D eigenvalue weighted by Crippen LogP contribution is -2.50. The van der Waals surface area contributed by atoms with Crippen molar-refractivity contribution in [1.82, 2.24) is 0 Å². The van der Waals surface area contributed by atoms with Gasteiger partial charge in [0.15, 0.2) is 0 Å². The number of carbonyl (C=O) groups is 1. The smallest absolute Gasteiger partial charge is 0.328 e. The van der Waals surface area contributed by atoms with Crippen molar-refractivity contribution in [2.75, 3.05) is 11.4 Å². The minimum atomic E-state index is -1.07. The van der Waals surface area contributed by atoms with Crippen LogP contribution in [0.2, 0.25) is 0 Å². The van der Waals surface area contributed by atoms with Crippen molar-refractivity contribution < 1.29 is 14.8 Å². The molecule has 1 aromatic rings. The summed E-state index contributed by atoms with van der Waals surface area (Å²) in [6.07, 6.45) is 0. The van der Waals surface area contributed by atoms with E-state index < -0.39 is 16.4 Å². The maximum atomic E-state index is 11.3. The number of likely N-dealkylation sites (N-methyl/N-ethyl adjacent to an activating group) is 1. The van der Waals surface area contributed by atoms with Gasteiger partial charge in [-0.1, -0.05) is 0 Å². The van der Waals surface area contributed by atoms with E-state index in [0.29, 0.717) is 17.8 Å². The molecule has 0 aliphatic carbocycles. The van der Waals surface area contributed by atoms with Gasteiger partial charge in [-0.05, 0) is 39.8 Å². The van der Waals surface area contributed by atoms with E-state index in [-0.39, 0.29) is 5.69 Å². The van der Waals surface area contributed by atoms with E-state index in [1.807, 2.05) is 6.92 Å². The molecule has 0 atom stereocenters. The molecule has 104 valence electrons. The van der Waals surface area contributed by atoms with Crippen molar-refractivity contribution in [1.29, 1.82) is 0 Å². The second-order valence-electron chi connectivity index (χ2n) is 4.84. The number of hydrogen-bond acceptors (Lipinski definition) is 4. The van der Waals surface area contributed by atoms with Crippen LogP contribution in [0.1, 0.15) is 26.3 Å². The predicted molar refractivity (Wildman–Crippen MR) is 72.6 cm³/mol. The Bertz CT molecular complexity index is 511. The van der Waals surface area contributed by atoms with Crippen LogP contribution in [0.5, 0.6) is 0 Å². The molecule has 0 spiro atoms. The van der Waals surface area contributed by atoms with Crippen LogP contribution in [0.4, 0.5) is 11.4 Å². The third-order valence-electron chi connectivity index (χ3n) is 3.20. The fourth-order valence-corrected chi connectivity index (χ4v) is 2.03. The quantitative estimate of drug-likeness (QED) is 0.654. The fraction of sp³-hybridized carbons (Fsp3) is 0.462. The number of carboxylic acids is 1. The summed E-state index contributed by atoms with van der Waals surface area (Å²) in [4.78, 5) is 23.3. The highest BCUT2D eigenvalue weighted by molar-refractivity contribution is 5.82. The third kappa shape index (κ3) is 2.83. The molecular weight excluding hydrogens is 248 g/mol. The number of carboxylic acid groups (broad SMARTS) is 1. The van der Waals surface area contributed by atoms with E-state index in [4.69, 9.17) is 0 Å². The van der Waals surface area contributed by atoms with Gasteiger partial charge in [0.25, 0.3) is 5.69 Å². The molecule has 1 rings (SSSR count). The van der Waals surface area contributed by atoms with Crippen molar-refractivity contribution in [2.24, 2.45) is 0 Å². The molecule has 0 saturated heterocycles. The summed E-state index contributed by atoms with van der Waals surface area (Å²) in [6, 6.07) is 4.64. The van der Waals surface area contributed by atoms with Gasteiger partial charge in [-0.15, -0.1) is 0 Å². The Labute approximate surface area is 111 Å². The lowest BCUT2D eigenvalue weighted by Gasteiger charge is -2.36. The maximum Gasteiger partial charge on any atom is 0.328 e. The molecule has 0 aliphatic heterocycles. The first kappa shape index (κ1) is 14.9. The Hall–Kier alpha value is -2.11. The maximum absolute atomic E-state index is 11.3. The molecule has 0 heterocycles. The summed E-state index contributed by atoms with van der Waals surface area (Å²) < 4.78 is 0. The van der Waals surface area contributed by atoms with E-state index in [1.165, 1.54) is 6.07 Å². The summed E-state index contributed by atoms with van der Waals surface area (Å²) >= 11 is 0. The molecule has 19 heavy (non-hydrogen) atoms. The third-order valence-corrected chi connectivity index (χ3v) is 3.20. The Morgan fingerprint density at radius 3 is 2.42 bits per heavy atom. The van der Waals surface area contributed by atoms with Crippen LogP contribution < -0.4 is 4.90 Å². The van der Waals surface area contributed by atoms with Gasteiger partial charge >= 0.3 is 5.97 Å². The minimum absolute atomic E-state index is 0.0351. The average Bonchev–Trinajstić information content (AvgIpc) is 2.28. The second kappa shape index (κ2) is 5.26. The number of nitrogens with zero attached hydrogens (tertiary/aromatic N) is 2. The normalized spacial score (nSPS) is 11.2. The number of benzene rings is 1. The van der Waals surface area contributed by atoms with E-state index in [1.54, 1.807) is 37.8 Å². The van der Waals surface area contributed by atoms with Crippen molar-refractivity contribution in [3.63, 3.8) is 0 Å². The van der Waals surface area contributed by atoms with Crippen LogP contribution in [0.15, 0.2) is 18.2 Å². The molecule has 0 radical (unpaired) electrons. The highest BCUT2D eigenvalue weighted by Crippen LogP contribution is 2.28. The van der Waals surface area contributed by atoms with Crippen LogP contribution in [-0.4, -0.2) is 28.1 Å². The number of hydrogen-bond donors (Lipinski definition) is 1. The Morgan fingerprint density at radius 1 is 1.47 bits per heavy atom. The monoisotopic (exact) mass is 266 g/mol. The molecule has 0 fully saturated rings. The molecule has 0 aliphatic rings. The number of aryl methyl sites for hydroxylation is 1. The summed E-state index contributed by atoms with van der Waals surface area (Å²) in [5, 5.41) is 20.0. The molecule has 6 nitrogen and oxygen atoms in total. The Kier molecular flexibility index (Phi) is 4.14. The Morgan fingerprint density at radius 2 is 2.05 bits per heavy atom. The van der Waals surface area contributed by atoms with Crippen LogP contribution in [0, 0.1) is 17.0 Å². The summed E-state index contributed by atoms with van der Waals surface area (Å²) in [7, 11) is 0. The second-order valence-corrected chi connectivity index (χ2v) is 4.84. The summed E-state index contributed by atoms with van der Waals surface area (Å²) in [6.45, 7) is 7.20. The highest BCUT2D eigenvalue weighted by Gasteiger charge is 2.34. The first-order chi connectivity index (χ1) is 8.71. The lowest BCUT2D eigenvalue weighted by atomic mass is 10.0. The first-order valence-corrected chi connectivity index (χ1v) is 5.98. The van der Waals surface area contributed by atoms with Crippen molar-refractivity contribution in [2.45, 2.75) is 33.2 Å². The van der Waals surface area contributed by atoms with Gasteiger partial charge in [-0.3, -0.25) is 10.1 Å². The van der Waals surface area contributed by atoms with Gasteiger partial charge in [0.2, 0.25) is 0 Å². The molecule has 1 aromatic carbocycles. The number of nitro groups is 1. The number of anilines is 1. The van der Waals surface area contributed by atoms with E-state index in [0.717, 1.165) is 0 Å². The molecule has 0 saturated carbocycles. The zero-order valence-electron chi connectivity index (χ0n) is 11.5. The van der Waals surface area contributed by atoms with Gasteiger partial charge in [0.1, 0.15) is 5.54 Å². The van der Waals surface area contributed by atoms with E-state index >= 15 is 0 Å². The molecule has 1 N–H and O–H groups in total. The molecule has 6 heteroatoms. The Balaban J connectivity index is 3.25. The average molecular weight is 266 g/mol. The number of nitro benzene ring substituents is 1. The predicted octanol–water partition coefficient (Wildman–Crippen LogP) is 2.59. The van der Waals surface area contributed by atoms with Crippen molar-refractivity contribution in [3.8, 4) is 0 Å². The van der Waals surface area contributed by atoms with Gasteiger partial charge < -0.3 is 10.0 Å². The van der Waals surface area contributed by atoms with Crippen LogP contribution in [0.3, 0.4) is 0 Å². The zero-order valence-corrected chi connectivity index (χ0v) is 11.5. The summed E-state index contributed by atoms with van der Waals surface area (Å²) in [5.74, 6) is -0.939. The van der Waals surface area contributed by atoms with Gasteiger partial charge in [0.05, 0.1) is 4.92 Å². The number of rotatable bonds is 5. The van der Waals surface area contributed by atoms with Crippen molar-refractivity contribution in [3.05, 3.63) is 33.9 Å². The largest absolute Gasteiger partial charge is 0.480 e. The van der Waals surface area contributed by atoms with E-state index in [9.17, 15) is 20.0 Å². The molecule has 0 unspecified atom stereocenters. The standard InChI is InChI=1S/C13H18N2O4/c1-5-14(13(3,4)12(16)17)10-6-7-11(15(18)19)9(2)8-10/h6-8H,5H2,1-4H3,(H,16,17). The van der Waals surface area contributed by atoms with Crippen LogP contribution >= 0.6 is 0 Å². The number of aliphatic carboxylic acids is 1. The molecule has 0 bridgehead atoms. The van der Waals surface area contributed by atoms with Gasteiger partial charge in [0, 0.05) is 23.9 Å². The van der Waals surface area contributed by atoms with Crippen LogP contribution in [-0.2, 0) is 4.79 Å². The topological polar surface area (TPSA) is 83.7 Å². The highest BCUT2D eigenvalue weighted by atomic mass is 16.6. The van der Waals surface area contributed by atoms with E-state index in [2.05, 4.69) is 0 Å². The van der Waals surface area contributed by atoms with Crippen LogP contribution in [0.25, 0.3) is 0 Å². The minimum Gasteiger partial charge on any atom is -0.480 e. The van der Waals surface area contributed by atoms with Crippen molar-refractivity contribution >= 4 is 17.3 Å². The van der Waals surface area contributed by atoms with Gasteiger partial charge in [-0.25, -0.2) is 4.79 Å². The molecular formula is C13H18N2O4. The van der Waals surface area contributed by atoms with Gasteiger partial charge in [-0.2, -0.15) is 0 Å². The molecule has 0 amide bonds. The first-order valence-electron chi connectivity index (χ1n) is 5.98. The summed E-state index contributed by atoms with van der Waals surface area (Å²) in [5.41, 5.74) is 0.144. The zero-order chi connectivity index (χ0) is 14.8. The lowest BCUT2D eigenvalue weighted by molar-refractivity contribution is -0.385. The SMILES string of the molecule is CCN(c1ccc([N+](=O)[O-])c(C)c1)C(C)(C)C(=O)O.